The number of nitrogens with zero attached hydrogens (tertiary/aromatic N) is 9. The van der Waals surface area contributed by atoms with Crippen LogP contribution < -0.4 is 0 Å². The third-order valence-electron chi connectivity index (χ3n) is 14.1. The minimum absolute atomic E-state index is 0.284. The zero-order valence-electron chi connectivity index (χ0n) is 41.3. The molecular formula is C67H39F2N9. The van der Waals surface area contributed by atoms with Gasteiger partial charge in [0.15, 0.2) is 34.9 Å². The standard InChI is InChI=1S/C67H39F2N9/c68-49-35-48(36-50(69)39-49)61-59(77-55-27-15-13-25-51(55)53-37-46(29-31-57(53)77)66-73-62(42-17-5-1-6-18-42)71-63(74-66)43-19-7-2-8-20-43)33-41(40-70)34-60(61)78-56-28-16-14-26-52(56)54-38-47(30-32-58(54)78)67-75-64(44-21-9-3-10-22-44)72-65(76-67)45-23-11-4-12-24-45/h1-39H. The fourth-order valence-electron chi connectivity index (χ4n) is 10.6. The van der Waals surface area contributed by atoms with E-state index < -0.39 is 11.6 Å². The number of hydrogen-bond donors (Lipinski definition) is 0. The highest BCUT2D eigenvalue weighted by Gasteiger charge is 2.25. The SMILES string of the molecule is N#Cc1cc(-n2c3ccccc3c3cc(-c4nc(-c5ccccc5)nc(-c5ccccc5)n4)ccc32)c(-c2cc(F)cc(F)c2)c(-n2c3ccccc3c3cc(-c4nc(-c5ccccc5)nc(-c5ccccc5)n4)ccc32)c1. The van der Waals surface area contributed by atoms with Gasteiger partial charge in [-0.15, -0.1) is 0 Å². The van der Waals surface area contributed by atoms with Crippen LogP contribution in [0.1, 0.15) is 5.56 Å². The lowest BCUT2D eigenvalue weighted by Gasteiger charge is -2.21. The topological polar surface area (TPSA) is 111 Å². The molecule has 0 saturated carbocycles. The molecule has 9 nitrogen and oxygen atoms in total. The molecule has 0 bridgehead atoms. The quantitative estimate of drug-likeness (QED) is 0.142. The Hall–Kier alpha value is -10.8. The maximum absolute atomic E-state index is 15.8. The molecule has 14 aromatic rings. The maximum Gasteiger partial charge on any atom is 0.164 e. The van der Waals surface area contributed by atoms with Crippen molar-refractivity contribution in [3.05, 3.63) is 254 Å². The average molecular weight is 1010 g/mol. The van der Waals surface area contributed by atoms with E-state index in [1.807, 2.05) is 182 Å². The van der Waals surface area contributed by atoms with Gasteiger partial charge in [0.25, 0.3) is 0 Å². The van der Waals surface area contributed by atoms with Gasteiger partial charge >= 0.3 is 0 Å². The predicted molar refractivity (Wildman–Crippen MR) is 305 cm³/mol. The highest BCUT2D eigenvalue weighted by Crippen LogP contribution is 2.44. The molecule has 4 heterocycles. The van der Waals surface area contributed by atoms with Gasteiger partial charge in [-0.25, -0.2) is 38.7 Å². The number of aromatic nitrogens is 8. The van der Waals surface area contributed by atoms with Crippen molar-refractivity contribution >= 4 is 43.6 Å². The summed E-state index contributed by atoms with van der Waals surface area (Å²) in [6, 6.07) is 77.1. The average Bonchev–Trinajstić information content (AvgIpc) is 3.96. The Bertz CT molecular complexity index is 4300. The molecule has 0 atom stereocenters. The lowest BCUT2D eigenvalue weighted by Crippen LogP contribution is -2.05. The Balaban J connectivity index is 1.00. The summed E-state index contributed by atoms with van der Waals surface area (Å²) in [6.07, 6.45) is 0. The molecule has 0 spiro atoms. The van der Waals surface area contributed by atoms with Crippen LogP contribution in [0.25, 0.3) is 134 Å². The Morgan fingerprint density at radius 3 is 0.974 bits per heavy atom. The van der Waals surface area contributed by atoms with Crippen LogP contribution in [0, 0.1) is 23.0 Å². The van der Waals surface area contributed by atoms with Crippen molar-refractivity contribution in [3.8, 4) is 96.9 Å². The summed E-state index contributed by atoms with van der Waals surface area (Å²) in [4.78, 5) is 30.0. The van der Waals surface area contributed by atoms with Crippen molar-refractivity contribution in [1.82, 2.24) is 39.0 Å². The normalized spacial score (nSPS) is 11.4. The number of fused-ring (bicyclic) bond motifs is 6. The largest absolute Gasteiger partial charge is 0.308 e. The molecule has 14 rings (SSSR count). The van der Waals surface area contributed by atoms with E-state index in [1.54, 1.807) is 12.1 Å². The molecule has 0 amide bonds. The maximum atomic E-state index is 15.8. The van der Waals surface area contributed by atoms with E-state index in [4.69, 9.17) is 29.9 Å². The van der Waals surface area contributed by atoms with Crippen molar-refractivity contribution < 1.29 is 8.78 Å². The zero-order chi connectivity index (χ0) is 52.3. The van der Waals surface area contributed by atoms with Gasteiger partial charge in [0, 0.05) is 66.6 Å². The Kier molecular flexibility index (Phi) is 11.0. The molecule has 11 heteroatoms. The summed E-state index contributed by atoms with van der Waals surface area (Å²) in [5.74, 6) is 1.65. The first-order chi connectivity index (χ1) is 38.4. The number of halogens is 2. The van der Waals surface area contributed by atoms with Crippen LogP contribution in [0.3, 0.4) is 0 Å². The first kappa shape index (κ1) is 45.8. The molecule has 0 aliphatic carbocycles. The number of para-hydroxylation sites is 2. The molecule has 0 aliphatic heterocycles. The molecule has 0 unspecified atom stereocenters. The summed E-state index contributed by atoms with van der Waals surface area (Å²) in [5, 5.41) is 14.6. The first-order valence-electron chi connectivity index (χ1n) is 25.3. The van der Waals surface area contributed by atoms with Gasteiger partial charge in [-0.1, -0.05) is 158 Å². The van der Waals surface area contributed by atoms with E-state index in [2.05, 4.69) is 39.5 Å². The number of benzene rings is 10. The van der Waals surface area contributed by atoms with Crippen molar-refractivity contribution in [2.45, 2.75) is 0 Å². The third-order valence-corrected chi connectivity index (χ3v) is 14.1. The molecular weight excluding hydrogens is 969 g/mol. The third kappa shape index (κ3) is 8.00. The zero-order valence-corrected chi connectivity index (χ0v) is 41.3. The molecule has 10 aromatic carbocycles. The van der Waals surface area contributed by atoms with Gasteiger partial charge in [0.05, 0.1) is 45.1 Å². The van der Waals surface area contributed by atoms with E-state index >= 15 is 8.78 Å². The van der Waals surface area contributed by atoms with Crippen LogP contribution in [0.2, 0.25) is 0 Å². The van der Waals surface area contributed by atoms with Gasteiger partial charge < -0.3 is 9.13 Å². The number of hydrogen-bond acceptors (Lipinski definition) is 7. The van der Waals surface area contributed by atoms with E-state index in [9.17, 15) is 5.26 Å². The van der Waals surface area contributed by atoms with Crippen molar-refractivity contribution in [3.63, 3.8) is 0 Å². The van der Waals surface area contributed by atoms with E-state index in [-0.39, 0.29) is 5.56 Å². The van der Waals surface area contributed by atoms with E-state index in [0.29, 0.717) is 57.4 Å². The molecule has 0 radical (unpaired) electrons. The highest BCUT2D eigenvalue weighted by atomic mass is 19.1. The van der Waals surface area contributed by atoms with Crippen molar-refractivity contribution in [2.75, 3.05) is 0 Å². The fourth-order valence-corrected chi connectivity index (χ4v) is 10.6. The molecule has 78 heavy (non-hydrogen) atoms. The van der Waals surface area contributed by atoms with Crippen LogP contribution in [-0.4, -0.2) is 39.0 Å². The van der Waals surface area contributed by atoms with E-state index in [0.717, 1.165) is 83.1 Å². The van der Waals surface area contributed by atoms with Gasteiger partial charge in [-0.05, 0) is 78.4 Å². The lowest BCUT2D eigenvalue weighted by atomic mass is 9.97. The molecule has 0 fully saturated rings. The molecule has 366 valence electrons. The molecule has 0 aliphatic rings. The van der Waals surface area contributed by atoms with Gasteiger partial charge in [-0.3, -0.25) is 0 Å². The van der Waals surface area contributed by atoms with Crippen LogP contribution >= 0.6 is 0 Å². The van der Waals surface area contributed by atoms with Crippen LogP contribution in [-0.2, 0) is 0 Å². The van der Waals surface area contributed by atoms with Gasteiger partial charge in [-0.2, -0.15) is 5.26 Å². The van der Waals surface area contributed by atoms with Crippen molar-refractivity contribution in [2.24, 2.45) is 0 Å². The smallest absolute Gasteiger partial charge is 0.164 e. The molecule has 0 N–H and O–H groups in total. The highest BCUT2D eigenvalue weighted by molar-refractivity contribution is 6.13. The summed E-state index contributed by atoms with van der Waals surface area (Å²) in [7, 11) is 0. The van der Waals surface area contributed by atoms with Crippen LogP contribution in [0.5, 0.6) is 0 Å². The molecule has 4 aromatic heterocycles. The minimum Gasteiger partial charge on any atom is -0.308 e. The Labute approximate surface area is 445 Å². The second-order valence-corrected chi connectivity index (χ2v) is 18.9. The van der Waals surface area contributed by atoms with Crippen molar-refractivity contribution in [1.29, 1.82) is 5.26 Å². The summed E-state index contributed by atoms with van der Waals surface area (Å²) in [5.41, 5.74) is 10.3. The van der Waals surface area contributed by atoms with Crippen LogP contribution in [0.15, 0.2) is 237 Å². The molecule has 0 saturated heterocycles. The predicted octanol–water partition coefficient (Wildman–Crippen LogP) is 16.1. The van der Waals surface area contributed by atoms with Crippen LogP contribution in [0.4, 0.5) is 8.78 Å². The first-order valence-corrected chi connectivity index (χ1v) is 25.3. The fraction of sp³-hybridized carbons (Fsp3) is 0. The number of nitriles is 1. The number of rotatable bonds is 9. The van der Waals surface area contributed by atoms with Gasteiger partial charge in [0.1, 0.15) is 11.6 Å². The Morgan fingerprint density at radius 1 is 0.295 bits per heavy atom. The summed E-state index contributed by atoms with van der Waals surface area (Å²) < 4.78 is 35.8. The second kappa shape index (κ2) is 18.8. The summed E-state index contributed by atoms with van der Waals surface area (Å²) in [6.45, 7) is 0. The van der Waals surface area contributed by atoms with Gasteiger partial charge in [0.2, 0.25) is 0 Å². The monoisotopic (exact) mass is 1010 g/mol. The second-order valence-electron chi connectivity index (χ2n) is 18.9. The summed E-state index contributed by atoms with van der Waals surface area (Å²) >= 11 is 0. The Morgan fingerprint density at radius 2 is 0.615 bits per heavy atom. The lowest BCUT2D eigenvalue weighted by molar-refractivity contribution is 0.584. The minimum atomic E-state index is -0.742. The van der Waals surface area contributed by atoms with E-state index in [1.165, 1.54) is 12.1 Å².